The van der Waals surface area contributed by atoms with Crippen molar-refractivity contribution in [1.82, 2.24) is 15.1 Å². The van der Waals surface area contributed by atoms with E-state index >= 15 is 0 Å². The van der Waals surface area contributed by atoms with Gasteiger partial charge in [-0.3, -0.25) is 4.79 Å². The molecule has 2 N–H and O–H groups in total. The normalized spacial score (nSPS) is 23.7. The fraction of sp³-hybridized carbons (Fsp3) is 0.500. The topological polar surface area (TPSA) is 59.0 Å². The number of hydrogen-bond acceptors (Lipinski definition) is 3. The number of hydrogen-bond donors (Lipinski definition) is 2. The number of aromatic nitrogens is 2. The smallest absolute Gasteiger partial charge is 0.224 e. The van der Waals surface area contributed by atoms with E-state index in [4.69, 9.17) is 0 Å². The van der Waals surface area contributed by atoms with E-state index in [9.17, 15) is 9.18 Å². The highest BCUT2D eigenvalue weighted by Gasteiger charge is 2.34. The second kappa shape index (κ2) is 7.98. The van der Waals surface area contributed by atoms with Gasteiger partial charge in [-0.25, -0.2) is 9.07 Å². The van der Waals surface area contributed by atoms with E-state index < -0.39 is 5.82 Å². The molecule has 2 atom stereocenters. The fourth-order valence-electron chi connectivity index (χ4n) is 4.45. The van der Waals surface area contributed by atoms with Crippen LogP contribution in [0.25, 0.3) is 5.69 Å². The van der Waals surface area contributed by atoms with Gasteiger partial charge in [-0.1, -0.05) is 0 Å². The van der Waals surface area contributed by atoms with Crippen molar-refractivity contribution >= 4 is 24.0 Å². The molecule has 5 nitrogen and oxygen atoms in total. The van der Waals surface area contributed by atoms with E-state index in [0.717, 1.165) is 24.2 Å². The lowest BCUT2D eigenvalue weighted by molar-refractivity contribution is -0.117. The minimum Gasteiger partial charge on any atom is -0.326 e. The summed E-state index contributed by atoms with van der Waals surface area (Å²) < 4.78 is 16.1. The number of anilines is 1. The fourth-order valence-corrected chi connectivity index (χ4v) is 4.45. The first kappa shape index (κ1) is 19.8. The Morgan fingerprint density at radius 2 is 1.96 bits per heavy atom. The van der Waals surface area contributed by atoms with Gasteiger partial charge in [0, 0.05) is 29.9 Å². The molecule has 0 radical (unpaired) electrons. The minimum atomic E-state index is -0.395. The van der Waals surface area contributed by atoms with Crippen molar-refractivity contribution in [3.05, 3.63) is 41.5 Å². The Hall–Kier alpha value is -1.92. The van der Waals surface area contributed by atoms with Gasteiger partial charge >= 0.3 is 0 Å². The summed E-state index contributed by atoms with van der Waals surface area (Å²) in [5.41, 5.74) is 2.60. The number of rotatable bonds is 4. The highest BCUT2D eigenvalue weighted by molar-refractivity contribution is 5.91. The molecule has 0 aliphatic carbocycles. The van der Waals surface area contributed by atoms with E-state index in [2.05, 4.69) is 15.7 Å². The Morgan fingerprint density at radius 3 is 2.56 bits per heavy atom. The molecule has 7 heteroatoms. The predicted molar refractivity (Wildman–Crippen MR) is 106 cm³/mol. The van der Waals surface area contributed by atoms with Gasteiger partial charge in [0.15, 0.2) is 5.82 Å². The Labute approximate surface area is 165 Å². The molecule has 4 rings (SSSR count). The first-order chi connectivity index (χ1) is 12.5. The Morgan fingerprint density at radius 1 is 1.26 bits per heavy atom. The molecule has 2 aromatic rings. The van der Waals surface area contributed by atoms with Crippen LogP contribution < -0.4 is 10.6 Å². The van der Waals surface area contributed by atoms with Crippen LogP contribution >= 0.6 is 12.4 Å². The summed E-state index contributed by atoms with van der Waals surface area (Å²) in [5, 5.41) is 10.8. The lowest BCUT2D eigenvalue weighted by Gasteiger charge is -2.28. The molecule has 2 bridgehead atoms. The van der Waals surface area contributed by atoms with Crippen LogP contribution in [-0.2, 0) is 4.79 Å². The largest absolute Gasteiger partial charge is 0.326 e. The number of nitrogens with one attached hydrogen (secondary N) is 2. The van der Waals surface area contributed by atoms with Gasteiger partial charge in [-0.2, -0.15) is 5.10 Å². The Bertz CT molecular complexity index is 825. The lowest BCUT2D eigenvalue weighted by Crippen LogP contribution is -2.39. The molecule has 0 saturated carbocycles. The van der Waals surface area contributed by atoms with Gasteiger partial charge in [0.1, 0.15) is 5.69 Å². The number of benzene rings is 1. The number of piperidine rings is 1. The van der Waals surface area contributed by atoms with Gasteiger partial charge in [0.2, 0.25) is 5.91 Å². The molecule has 27 heavy (non-hydrogen) atoms. The zero-order valence-electron chi connectivity index (χ0n) is 15.7. The van der Waals surface area contributed by atoms with Crippen LogP contribution in [0.2, 0.25) is 0 Å². The second-order valence-corrected chi connectivity index (χ2v) is 7.73. The third kappa shape index (κ3) is 4.33. The van der Waals surface area contributed by atoms with Crippen molar-refractivity contribution in [1.29, 1.82) is 0 Å². The molecule has 146 valence electrons. The third-order valence-electron chi connectivity index (χ3n) is 5.51. The summed E-state index contributed by atoms with van der Waals surface area (Å²) in [4.78, 5) is 12.4. The van der Waals surface area contributed by atoms with Crippen molar-refractivity contribution in [2.24, 2.45) is 5.92 Å². The van der Waals surface area contributed by atoms with E-state index in [1.807, 2.05) is 19.9 Å². The first-order valence-electron chi connectivity index (χ1n) is 9.37. The summed E-state index contributed by atoms with van der Waals surface area (Å²) in [7, 11) is 0. The van der Waals surface area contributed by atoms with Gasteiger partial charge in [0.05, 0.1) is 5.69 Å². The lowest BCUT2D eigenvalue weighted by atomic mass is 9.89. The number of nitrogens with zero attached hydrogens (tertiary/aromatic N) is 2. The van der Waals surface area contributed by atoms with E-state index in [-0.39, 0.29) is 18.3 Å². The molecule has 2 aliphatic heterocycles. The summed E-state index contributed by atoms with van der Waals surface area (Å²) >= 11 is 0. The van der Waals surface area contributed by atoms with Crippen LogP contribution in [-0.4, -0.2) is 27.8 Å². The predicted octanol–water partition coefficient (Wildman–Crippen LogP) is 3.91. The molecule has 1 aromatic carbocycles. The Balaban J connectivity index is 0.00000210. The summed E-state index contributed by atoms with van der Waals surface area (Å²) in [6.45, 7) is 3.77. The summed E-state index contributed by atoms with van der Waals surface area (Å²) in [5.74, 6) is -0.00366. The molecule has 2 unspecified atom stereocenters. The van der Waals surface area contributed by atoms with Crippen molar-refractivity contribution in [2.45, 2.75) is 58.0 Å². The molecule has 2 saturated heterocycles. The van der Waals surface area contributed by atoms with Crippen molar-refractivity contribution in [3.8, 4) is 5.69 Å². The molecule has 2 fully saturated rings. The number of fused-ring (bicyclic) bond motifs is 2. The standard InChI is InChI=1S/C20H25FN4O.ClH/c1-12-7-13(2)25(24-12)19-6-5-17(11-18(19)21)23-20(26)10-14-8-15-3-4-16(9-14)22-15;/h5-7,11,14-16,22H,3-4,8-10H2,1-2H3,(H,23,26);1H. The quantitative estimate of drug-likeness (QED) is 0.829. The summed E-state index contributed by atoms with van der Waals surface area (Å²) in [6, 6.07) is 7.82. The SMILES string of the molecule is Cc1cc(C)n(-c2ccc(NC(=O)CC3CC4CCC(C3)N4)cc2F)n1.Cl. The van der Waals surface area contributed by atoms with Crippen LogP contribution in [0.5, 0.6) is 0 Å². The highest BCUT2D eigenvalue weighted by atomic mass is 35.5. The van der Waals surface area contributed by atoms with Crippen LogP contribution in [0.1, 0.15) is 43.5 Å². The molecule has 1 amide bonds. The van der Waals surface area contributed by atoms with Crippen LogP contribution in [0.15, 0.2) is 24.3 Å². The number of aryl methyl sites for hydroxylation is 2. The van der Waals surface area contributed by atoms with Crippen molar-refractivity contribution in [3.63, 3.8) is 0 Å². The average molecular weight is 393 g/mol. The number of halogens is 2. The Kier molecular flexibility index (Phi) is 5.86. The van der Waals surface area contributed by atoms with Crippen LogP contribution in [0, 0.1) is 25.6 Å². The van der Waals surface area contributed by atoms with Gasteiger partial charge in [-0.05, 0) is 69.7 Å². The van der Waals surface area contributed by atoms with Crippen LogP contribution in [0.4, 0.5) is 10.1 Å². The van der Waals surface area contributed by atoms with E-state index in [0.29, 0.717) is 35.8 Å². The van der Waals surface area contributed by atoms with Gasteiger partial charge in [-0.15, -0.1) is 12.4 Å². The maximum absolute atomic E-state index is 14.5. The molecular weight excluding hydrogens is 367 g/mol. The van der Waals surface area contributed by atoms with Crippen molar-refractivity contribution in [2.75, 3.05) is 5.32 Å². The molecule has 0 spiro atoms. The monoisotopic (exact) mass is 392 g/mol. The zero-order chi connectivity index (χ0) is 18.3. The maximum Gasteiger partial charge on any atom is 0.224 e. The zero-order valence-corrected chi connectivity index (χ0v) is 16.5. The number of carbonyl (C=O) groups excluding carboxylic acids is 1. The van der Waals surface area contributed by atoms with Crippen LogP contribution in [0.3, 0.4) is 0 Å². The minimum absolute atomic E-state index is 0. The van der Waals surface area contributed by atoms with Gasteiger partial charge < -0.3 is 10.6 Å². The summed E-state index contributed by atoms with van der Waals surface area (Å²) in [6.07, 6.45) is 5.09. The molecule has 2 aliphatic rings. The average Bonchev–Trinajstić information content (AvgIpc) is 3.08. The third-order valence-corrected chi connectivity index (χ3v) is 5.51. The maximum atomic E-state index is 14.5. The molecular formula is C20H26ClFN4O. The van der Waals surface area contributed by atoms with E-state index in [1.54, 1.807) is 16.8 Å². The number of carbonyl (C=O) groups is 1. The van der Waals surface area contributed by atoms with Crippen molar-refractivity contribution < 1.29 is 9.18 Å². The first-order valence-corrected chi connectivity index (χ1v) is 9.37. The van der Waals surface area contributed by atoms with Gasteiger partial charge in [0.25, 0.3) is 0 Å². The number of amides is 1. The molecule has 3 heterocycles. The molecule has 1 aromatic heterocycles. The second-order valence-electron chi connectivity index (χ2n) is 7.73. The van der Waals surface area contributed by atoms with E-state index in [1.165, 1.54) is 18.9 Å². The highest BCUT2D eigenvalue weighted by Crippen LogP contribution is 2.33.